The highest BCUT2D eigenvalue weighted by Crippen LogP contribution is 2.29. The average Bonchev–Trinajstić information content (AvgIpc) is 4.26. The number of β-amino-alcohol motifs (C(OH)–C–C–N with tert-alkyl or cyclic N) is 1. The van der Waals surface area contributed by atoms with Crippen LogP contribution in [0.4, 0.5) is 5.69 Å². The van der Waals surface area contributed by atoms with Crippen molar-refractivity contribution in [3.8, 4) is 10.4 Å². The summed E-state index contributed by atoms with van der Waals surface area (Å²) in [5.41, 5.74) is 7.78. The normalized spacial score (nSPS) is 17.3. The number of aryl methyl sites for hydroxylation is 1. The number of anilines is 1. The van der Waals surface area contributed by atoms with Crippen molar-refractivity contribution in [1.82, 2.24) is 50.5 Å². The summed E-state index contributed by atoms with van der Waals surface area (Å²) in [4.78, 5) is 83.6. The first-order chi connectivity index (χ1) is 36.6. The van der Waals surface area contributed by atoms with Crippen molar-refractivity contribution in [2.24, 2.45) is 5.41 Å². The minimum absolute atomic E-state index is 0.00423. The SMILES string of the molecule is Cc1ncsc1-c1ccc(CNC(=O)[C@@H]2C[C@@H](O)CN2C(=O)[C@@H](NC(=O)CCOCCOCCOCCC(=O)NCCn2ncc3cc(C(=O)Nc4ccc5nc(CN6CCC[C@@H]6C)[nH]c5c4)ccc32)C(C)(C)C)cc1. The fraction of sp³-hybridized carbons (Fsp3) is 0.491. The average molecular weight is 1060 g/mol. The highest BCUT2D eigenvalue weighted by atomic mass is 32.1. The number of aromatic nitrogens is 5. The van der Waals surface area contributed by atoms with E-state index in [4.69, 9.17) is 19.2 Å². The Morgan fingerprint density at radius 2 is 1.64 bits per heavy atom. The Bertz CT molecular complexity index is 2950. The van der Waals surface area contributed by atoms with Crippen molar-refractivity contribution < 1.29 is 43.3 Å². The lowest BCUT2D eigenvalue weighted by atomic mass is 9.85. The molecule has 406 valence electrons. The number of likely N-dealkylation sites (tertiary alicyclic amines) is 2. The minimum Gasteiger partial charge on any atom is -0.391 e. The summed E-state index contributed by atoms with van der Waals surface area (Å²) >= 11 is 1.57. The van der Waals surface area contributed by atoms with E-state index in [-0.39, 0.29) is 89.0 Å². The van der Waals surface area contributed by atoms with Crippen molar-refractivity contribution in [1.29, 1.82) is 0 Å². The number of nitrogens with one attached hydrogen (secondary N) is 5. The maximum atomic E-state index is 14.0. The number of carbonyl (C=O) groups excluding carboxylic acids is 5. The number of H-pyrrole nitrogens is 1. The molecule has 20 nitrogen and oxygen atoms in total. The van der Waals surface area contributed by atoms with E-state index in [0.717, 1.165) is 62.5 Å². The van der Waals surface area contributed by atoms with Crippen LogP contribution in [0.1, 0.15) is 87.2 Å². The summed E-state index contributed by atoms with van der Waals surface area (Å²) in [5, 5.41) is 27.5. The van der Waals surface area contributed by atoms with Gasteiger partial charge in [-0.3, -0.25) is 33.6 Å². The number of ether oxygens (including phenoxy) is 3. The van der Waals surface area contributed by atoms with Crippen LogP contribution in [0.3, 0.4) is 0 Å². The van der Waals surface area contributed by atoms with Crippen molar-refractivity contribution >= 4 is 68.5 Å². The van der Waals surface area contributed by atoms with Gasteiger partial charge in [0.1, 0.15) is 17.9 Å². The number of benzene rings is 3. The lowest BCUT2D eigenvalue weighted by molar-refractivity contribution is -0.144. The molecule has 3 aromatic heterocycles. The second-order valence-corrected chi connectivity index (χ2v) is 21.5. The van der Waals surface area contributed by atoms with Gasteiger partial charge in [-0.15, -0.1) is 11.3 Å². The number of nitrogens with zero attached hydrogens (tertiary/aromatic N) is 6. The van der Waals surface area contributed by atoms with Gasteiger partial charge in [0.05, 0.1) is 97.7 Å². The van der Waals surface area contributed by atoms with Crippen LogP contribution in [0.15, 0.2) is 72.4 Å². The van der Waals surface area contributed by atoms with E-state index in [9.17, 15) is 29.1 Å². The Hall–Kier alpha value is -6.62. The van der Waals surface area contributed by atoms with Gasteiger partial charge in [-0.25, -0.2) is 9.97 Å². The van der Waals surface area contributed by atoms with Crippen LogP contribution in [0.25, 0.3) is 32.4 Å². The van der Waals surface area contributed by atoms with E-state index in [1.54, 1.807) is 34.3 Å². The number of rotatable bonds is 25. The number of hydrogen-bond acceptors (Lipinski definition) is 14. The zero-order valence-electron chi connectivity index (χ0n) is 44.1. The minimum atomic E-state index is -0.946. The van der Waals surface area contributed by atoms with Gasteiger partial charge < -0.3 is 50.5 Å². The highest BCUT2D eigenvalue weighted by Gasteiger charge is 2.44. The van der Waals surface area contributed by atoms with Crippen LogP contribution < -0.4 is 21.3 Å². The van der Waals surface area contributed by atoms with Gasteiger partial charge in [-0.1, -0.05) is 45.0 Å². The molecule has 21 heteroatoms. The number of hydrogen-bond donors (Lipinski definition) is 6. The van der Waals surface area contributed by atoms with Crippen LogP contribution in [-0.2, 0) is 53.0 Å². The van der Waals surface area contributed by atoms with Crippen molar-refractivity contribution in [2.75, 3.05) is 64.6 Å². The first-order valence-corrected chi connectivity index (χ1v) is 27.0. The Labute approximate surface area is 446 Å². The standard InChI is InChI=1S/C55H71N11O9S/c1-35-7-6-19-64(35)33-47-61-43-14-13-41(28-44(43)62-47)60-52(70)39-12-15-45-40(27-39)31-59-66(45)20-18-56-48(68)16-21-73-23-25-75-26-24-74-22-17-49(69)63-51(55(3,4)5)54(72)65-32-42(67)29-46(65)53(71)57-30-37-8-10-38(11-9-37)50-36(2)58-34-76-50/h8-15,27-28,31,34-35,42,46,51,67H,6-7,16-26,29-30,32-33H2,1-5H3,(H,56,68)(H,57,71)(H,60,70)(H,61,62)(H,63,69)/t35-,42+,46-,51+/m0/s1. The van der Waals surface area contributed by atoms with Gasteiger partial charge in [0.15, 0.2) is 0 Å². The summed E-state index contributed by atoms with van der Waals surface area (Å²) in [5.74, 6) is -0.654. The Morgan fingerprint density at radius 3 is 2.34 bits per heavy atom. The molecule has 4 atom stereocenters. The molecule has 3 aromatic carbocycles. The molecule has 5 heterocycles. The fourth-order valence-electron chi connectivity index (χ4n) is 9.52. The van der Waals surface area contributed by atoms with Gasteiger partial charge in [0, 0.05) is 61.6 Å². The number of amides is 5. The second-order valence-electron chi connectivity index (χ2n) is 20.6. The number of carbonyl (C=O) groups is 5. The summed E-state index contributed by atoms with van der Waals surface area (Å²) in [6.07, 6.45) is 3.53. The topological polar surface area (TPSA) is 247 Å². The third kappa shape index (κ3) is 14.9. The molecule has 76 heavy (non-hydrogen) atoms. The Kier molecular flexibility index (Phi) is 19.0. The van der Waals surface area contributed by atoms with Gasteiger partial charge in [-0.2, -0.15) is 5.10 Å². The molecule has 2 aliphatic rings. The molecule has 2 aliphatic heterocycles. The van der Waals surface area contributed by atoms with Crippen molar-refractivity contribution in [3.63, 3.8) is 0 Å². The van der Waals surface area contributed by atoms with Crippen LogP contribution in [-0.4, -0.2) is 153 Å². The number of aromatic amines is 1. The number of imidazole rings is 1. The first-order valence-electron chi connectivity index (χ1n) is 26.1. The van der Waals surface area contributed by atoms with E-state index in [1.807, 2.05) is 81.7 Å². The number of fused-ring (bicyclic) bond motifs is 2. The van der Waals surface area contributed by atoms with Gasteiger partial charge in [0.2, 0.25) is 23.6 Å². The summed E-state index contributed by atoms with van der Waals surface area (Å²) < 4.78 is 18.6. The first kappa shape index (κ1) is 55.6. The Morgan fingerprint density at radius 1 is 0.908 bits per heavy atom. The zero-order chi connectivity index (χ0) is 53.8. The molecular weight excluding hydrogens is 991 g/mol. The molecule has 0 saturated carbocycles. The van der Waals surface area contributed by atoms with Crippen molar-refractivity contribution in [3.05, 3.63) is 95.0 Å². The van der Waals surface area contributed by atoms with Crippen molar-refractivity contribution in [2.45, 2.75) is 111 Å². The second kappa shape index (κ2) is 25.9. The smallest absolute Gasteiger partial charge is 0.255 e. The summed E-state index contributed by atoms with van der Waals surface area (Å²) in [7, 11) is 0. The highest BCUT2D eigenvalue weighted by molar-refractivity contribution is 7.13. The van der Waals surface area contributed by atoms with Crippen LogP contribution >= 0.6 is 11.3 Å². The van der Waals surface area contributed by atoms with Gasteiger partial charge >= 0.3 is 0 Å². The molecule has 6 N–H and O–H groups in total. The monoisotopic (exact) mass is 1060 g/mol. The van der Waals surface area contributed by atoms with E-state index in [0.29, 0.717) is 37.0 Å². The molecule has 2 fully saturated rings. The van der Waals surface area contributed by atoms with Crippen LogP contribution in [0.2, 0.25) is 0 Å². The van der Waals surface area contributed by atoms with E-state index < -0.39 is 29.5 Å². The van der Waals surface area contributed by atoms with E-state index in [1.165, 1.54) is 17.7 Å². The third-order valence-electron chi connectivity index (χ3n) is 13.8. The predicted molar refractivity (Wildman–Crippen MR) is 289 cm³/mol. The molecule has 0 unspecified atom stereocenters. The molecule has 8 rings (SSSR count). The number of aliphatic hydroxyl groups is 1. The number of aliphatic hydroxyl groups excluding tert-OH is 1. The molecule has 2 saturated heterocycles. The Balaban J connectivity index is 0.659. The third-order valence-corrected chi connectivity index (χ3v) is 14.8. The quantitative estimate of drug-likeness (QED) is 0.0397. The lowest BCUT2D eigenvalue weighted by Crippen LogP contribution is -2.57. The maximum Gasteiger partial charge on any atom is 0.255 e. The molecule has 0 radical (unpaired) electrons. The molecule has 6 aromatic rings. The van der Waals surface area contributed by atoms with E-state index >= 15 is 0 Å². The predicted octanol–water partition coefficient (Wildman–Crippen LogP) is 5.34. The zero-order valence-corrected chi connectivity index (χ0v) is 44.9. The lowest BCUT2D eigenvalue weighted by Gasteiger charge is -2.35. The maximum absolute atomic E-state index is 14.0. The number of thiazole rings is 1. The molecule has 5 amide bonds. The summed E-state index contributed by atoms with van der Waals surface area (Å²) in [6, 6.07) is 17.7. The largest absolute Gasteiger partial charge is 0.391 e. The fourth-order valence-corrected chi connectivity index (χ4v) is 10.3. The molecule has 0 bridgehead atoms. The van der Waals surface area contributed by atoms with Crippen LogP contribution in [0.5, 0.6) is 0 Å². The van der Waals surface area contributed by atoms with Crippen LogP contribution in [0, 0.1) is 12.3 Å². The molecule has 0 spiro atoms. The summed E-state index contributed by atoms with van der Waals surface area (Å²) in [6.45, 7) is 14.0. The van der Waals surface area contributed by atoms with Gasteiger partial charge in [0.25, 0.3) is 5.91 Å². The van der Waals surface area contributed by atoms with E-state index in [2.05, 4.69) is 48.2 Å². The molecular formula is C55H71N11O9S. The van der Waals surface area contributed by atoms with Gasteiger partial charge in [-0.05, 0) is 86.2 Å². The molecule has 0 aliphatic carbocycles.